The summed E-state index contributed by atoms with van der Waals surface area (Å²) in [6, 6.07) is 11.0. The lowest BCUT2D eigenvalue weighted by Crippen LogP contribution is -2.44. The molecule has 1 aromatic heterocycles. The molecule has 0 aliphatic heterocycles. The molecule has 3 aromatic rings. The number of para-hydroxylation sites is 1. The average Bonchev–Trinajstić information content (AvgIpc) is 2.73. The van der Waals surface area contributed by atoms with Crippen LogP contribution in [0.2, 0.25) is 5.02 Å². The molecule has 8 heteroatoms. The molecule has 1 amide bonds. The van der Waals surface area contributed by atoms with E-state index in [9.17, 15) is 14.4 Å². The number of hydrogen-bond donors (Lipinski definition) is 1. The second-order valence-corrected chi connectivity index (χ2v) is 7.36. The third kappa shape index (κ3) is 4.04. The number of aromatic nitrogens is 2. The lowest BCUT2D eigenvalue weighted by atomic mass is 10.1. The molecule has 0 aliphatic rings. The number of methoxy groups -OCH3 is 1. The number of nitrogens with one attached hydrogen (secondary N) is 1. The molecule has 0 spiro atoms. The number of ether oxygens (including phenoxy) is 1. The van der Waals surface area contributed by atoms with Gasteiger partial charge in [-0.3, -0.25) is 14.2 Å². The molecule has 0 radical (unpaired) electrons. The Morgan fingerprint density at radius 2 is 1.93 bits per heavy atom. The van der Waals surface area contributed by atoms with Gasteiger partial charge in [-0.2, -0.15) is 0 Å². The number of fused-ring (bicyclic) bond motifs is 1. The van der Waals surface area contributed by atoms with Gasteiger partial charge in [-0.25, -0.2) is 9.36 Å². The van der Waals surface area contributed by atoms with Crippen molar-refractivity contribution in [3.05, 3.63) is 73.9 Å². The van der Waals surface area contributed by atoms with Crippen LogP contribution in [0, 0.1) is 6.92 Å². The van der Waals surface area contributed by atoms with E-state index in [0.717, 1.165) is 10.1 Å². The quantitative estimate of drug-likeness (QED) is 0.585. The molecule has 2 aromatic carbocycles. The summed E-state index contributed by atoms with van der Waals surface area (Å²) < 4.78 is 7.43. The van der Waals surface area contributed by atoms with Crippen LogP contribution in [0.5, 0.6) is 0 Å². The first-order valence-corrected chi connectivity index (χ1v) is 10.1. The van der Waals surface area contributed by atoms with Gasteiger partial charge in [-0.1, -0.05) is 36.7 Å². The van der Waals surface area contributed by atoms with E-state index in [1.807, 2.05) is 13.8 Å². The SMILES string of the molecule is CC[C@H](C(=O)NCCOC)n1c(=O)n(-c2ccc(C)c(Cl)c2)c(=O)c2ccccc21. The Morgan fingerprint density at radius 3 is 2.60 bits per heavy atom. The molecule has 158 valence electrons. The zero-order valence-electron chi connectivity index (χ0n) is 17.1. The van der Waals surface area contributed by atoms with E-state index in [2.05, 4.69) is 5.32 Å². The van der Waals surface area contributed by atoms with Crippen LogP contribution >= 0.6 is 11.6 Å². The van der Waals surface area contributed by atoms with E-state index in [-0.39, 0.29) is 5.91 Å². The van der Waals surface area contributed by atoms with Gasteiger partial charge in [0.25, 0.3) is 5.56 Å². The predicted octanol–water partition coefficient (Wildman–Crippen LogP) is 2.83. The van der Waals surface area contributed by atoms with Crippen molar-refractivity contribution in [2.24, 2.45) is 0 Å². The van der Waals surface area contributed by atoms with Gasteiger partial charge in [0.15, 0.2) is 0 Å². The van der Waals surface area contributed by atoms with Gasteiger partial charge in [-0.15, -0.1) is 0 Å². The molecule has 1 heterocycles. The molecule has 0 saturated heterocycles. The Labute approximate surface area is 178 Å². The molecule has 1 N–H and O–H groups in total. The highest BCUT2D eigenvalue weighted by Crippen LogP contribution is 2.20. The van der Waals surface area contributed by atoms with E-state index in [4.69, 9.17) is 16.3 Å². The number of rotatable bonds is 7. The van der Waals surface area contributed by atoms with Gasteiger partial charge in [0, 0.05) is 18.7 Å². The van der Waals surface area contributed by atoms with Crippen molar-refractivity contribution in [3.8, 4) is 5.69 Å². The normalized spacial score (nSPS) is 12.1. The maximum atomic E-state index is 13.5. The summed E-state index contributed by atoms with van der Waals surface area (Å²) >= 11 is 6.24. The molecule has 0 fully saturated rings. The fourth-order valence-corrected chi connectivity index (χ4v) is 3.59. The van der Waals surface area contributed by atoms with Crippen molar-refractivity contribution in [1.29, 1.82) is 0 Å². The molecule has 3 rings (SSSR count). The van der Waals surface area contributed by atoms with E-state index in [1.54, 1.807) is 49.6 Å². The number of nitrogens with zero attached hydrogens (tertiary/aromatic N) is 2. The first kappa shape index (κ1) is 21.8. The van der Waals surface area contributed by atoms with Gasteiger partial charge in [0.2, 0.25) is 5.91 Å². The first-order chi connectivity index (χ1) is 14.4. The second-order valence-electron chi connectivity index (χ2n) is 6.95. The van der Waals surface area contributed by atoms with E-state index in [0.29, 0.717) is 41.2 Å². The number of hydrogen-bond acceptors (Lipinski definition) is 4. The number of halogens is 1. The highest BCUT2D eigenvalue weighted by atomic mass is 35.5. The molecule has 0 bridgehead atoms. The summed E-state index contributed by atoms with van der Waals surface area (Å²) in [6.07, 6.45) is 0.371. The topological polar surface area (TPSA) is 82.3 Å². The molecule has 1 atom stereocenters. The highest BCUT2D eigenvalue weighted by Gasteiger charge is 2.24. The monoisotopic (exact) mass is 429 g/mol. The number of carbonyl (C=O) groups is 1. The molecule has 30 heavy (non-hydrogen) atoms. The average molecular weight is 430 g/mol. The molecular formula is C22H24ClN3O4. The Bertz CT molecular complexity index is 1200. The Kier molecular flexibility index (Phi) is 6.74. The Hall–Kier alpha value is -2.90. The summed E-state index contributed by atoms with van der Waals surface area (Å²) in [4.78, 5) is 39.5. The van der Waals surface area contributed by atoms with Crippen LogP contribution in [0.15, 0.2) is 52.1 Å². The second kappa shape index (κ2) is 9.28. The van der Waals surface area contributed by atoms with Crippen molar-refractivity contribution in [3.63, 3.8) is 0 Å². The molecule has 7 nitrogen and oxygen atoms in total. The number of aryl methyl sites for hydroxylation is 1. The van der Waals surface area contributed by atoms with Gasteiger partial charge in [-0.05, 0) is 43.2 Å². The van der Waals surface area contributed by atoms with Crippen molar-refractivity contribution >= 4 is 28.4 Å². The standard InChI is InChI=1S/C22H24ClN3O4/c1-4-18(20(27)24-11-12-30-3)26-19-8-6-5-7-16(19)21(28)25(22(26)29)15-10-9-14(2)17(23)13-15/h5-10,13,18H,4,11-12H2,1-3H3,(H,24,27)/t18-/m1/s1. The summed E-state index contributed by atoms with van der Waals surface area (Å²) in [6.45, 7) is 4.34. The van der Waals surface area contributed by atoms with Crippen LogP contribution in [0.4, 0.5) is 0 Å². The van der Waals surface area contributed by atoms with E-state index in [1.165, 1.54) is 4.57 Å². The number of amides is 1. The van der Waals surface area contributed by atoms with Crippen LogP contribution in [-0.4, -0.2) is 35.3 Å². The van der Waals surface area contributed by atoms with Crippen LogP contribution in [0.25, 0.3) is 16.6 Å². The highest BCUT2D eigenvalue weighted by molar-refractivity contribution is 6.31. The van der Waals surface area contributed by atoms with Crippen molar-refractivity contribution in [1.82, 2.24) is 14.5 Å². The fourth-order valence-electron chi connectivity index (χ4n) is 3.41. The summed E-state index contributed by atoms with van der Waals surface area (Å²) in [5.41, 5.74) is 0.553. The minimum atomic E-state index is -0.785. The minimum Gasteiger partial charge on any atom is -0.383 e. The largest absolute Gasteiger partial charge is 0.383 e. The smallest absolute Gasteiger partial charge is 0.336 e. The minimum absolute atomic E-state index is 0.311. The molecule has 0 aliphatic carbocycles. The van der Waals surface area contributed by atoms with Crippen molar-refractivity contribution < 1.29 is 9.53 Å². The molecular weight excluding hydrogens is 406 g/mol. The van der Waals surface area contributed by atoms with Gasteiger partial charge in [0.05, 0.1) is 23.2 Å². The van der Waals surface area contributed by atoms with Crippen LogP contribution in [-0.2, 0) is 9.53 Å². The van der Waals surface area contributed by atoms with Gasteiger partial charge < -0.3 is 10.1 Å². The summed E-state index contributed by atoms with van der Waals surface area (Å²) in [5, 5.41) is 3.57. The number of benzene rings is 2. The molecule has 0 saturated carbocycles. The van der Waals surface area contributed by atoms with Crippen molar-refractivity contribution in [2.45, 2.75) is 26.3 Å². The third-order valence-corrected chi connectivity index (χ3v) is 5.42. The lowest BCUT2D eigenvalue weighted by Gasteiger charge is -2.21. The van der Waals surface area contributed by atoms with Crippen molar-refractivity contribution in [2.75, 3.05) is 20.3 Å². The van der Waals surface area contributed by atoms with E-state index >= 15 is 0 Å². The summed E-state index contributed by atoms with van der Waals surface area (Å²) in [5.74, 6) is -0.311. The van der Waals surface area contributed by atoms with Gasteiger partial charge in [0.1, 0.15) is 6.04 Å². The van der Waals surface area contributed by atoms with Crippen LogP contribution in [0.3, 0.4) is 0 Å². The van der Waals surface area contributed by atoms with Crippen LogP contribution < -0.4 is 16.6 Å². The third-order valence-electron chi connectivity index (χ3n) is 5.01. The van der Waals surface area contributed by atoms with E-state index < -0.39 is 17.3 Å². The maximum absolute atomic E-state index is 13.5. The zero-order chi connectivity index (χ0) is 21.8. The maximum Gasteiger partial charge on any atom is 0.336 e. The van der Waals surface area contributed by atoms with Crippen LogP contribution in [0.1, 0.15) is 24.9 Å². The first-order valence-electron chi connectivity index (χ1n) is 9.70. The fraction of sp³-hybridized carbons (Fsp3) is 0.318. The molecule has 0 unspecified atom stereocenters. The zero-order valence-corrected chi connectivity index (χ0v) is 17.9. The predicted molar refractivity (Wildman–Crippen MR) is 118 cm³/mol. The summed E-state index contributed by atoms with van der Waals surface area (Å²) in [7, 11) is 1.55. The Balaban J connectivity index is 2.28. The van der Waals surface area contributed by atoms with Gasteiger partial charge >= 0.3 is 5.69 Å². The Morgan fingerprint density at radius 1 is 1.20 bits per heavy atom. The number of carbonyl (C=O) groups excluding carboxylic acids is 1. The lowest BCUT2D eigenvalue weighted by molar-refractivity contribution is -0.124.